The smallest absolute Gasteiger partial charge is 0.162 e. The number of halogens is 1. The number of anilines is 1. The Kier molecular flexibility index (Phi) is 5.20. The van der Waals surface area contributed by atoms with Gasteiger partial charge in [0.2, 0.25) is 0 Å². The topological polar surface area (TPSA) is 47.6 Å². The van der Waals surface area contributed by atoms with Crippen molar-refractivity contribution in [2.75, 3.05) is 12.4 Å². The van der Waals surface area contributed by atoms with E-state index in [1.807, 2.05) is 56.3 Å². The summed E-state index contributed by atoms with van der Waals surface area (Å²) in [5.41, 5.74) is 3.39. The number of fused-ring (bicyclic) bond motifs is 1. The van der Waals surface area contributed by atoms with E-state index in [1.165, 1.54) is 12.1 Å². The minimum atomic E-state index is -0.636. The van der Waals surface area contributed by atoms with Crippen LogP contribution < -0.4 is 14.8 Å². The molecular formula is C25H24FNO3. The Bertz CT molecular complexity index is 1090. The Labute approximate surface area is 175 Å². The molecule has 4 nitrogen and oxygen atoms in total. The molecule has 1 aliphatic heterocycles. The van der Waals surface area contributed by atoms with Gasteiger partial charge < -0.3 is 14.8 Å². The highest BCUT2D eigenvalue weighted by molar-refractivity contribution is 5.97. The fourth-order valence-electron chi connectivity index (χ4n) is 3.78. The number of benzene rings is 3. The van der Waals surface area contributed by atoms with Crippen LogP contribution in [0, 0.1) is 5.82 Å². The number of methoxy groups -OCH3 is 1. The van der Waals surface area contributed by atoms with E-state index in [4.69, 9.17) is 9.47 Å². The molecule has 0 amide bonds. The second-order valence-corrected chi connectivity index (χ2v) is 7.91. The minimum Gasteiger partial charge on any atom is -0.496 e. The number of Topliss-reactive ketones (excluding diaryl/α,β-unsaturated/α-hetero) is 1. The SMILES string of the molecule is COc1ccc(F)cc1-c1ccc2c(c1COc1ccccc1)CC(=O)C(C)(C)N2. The molecule has 1 heterocycles. The van der Waals surface area contributed by atoms with Gasteiger partial charge in [0, 0.05) is 23.2 Å². The molecule has 0 aromatic heterocycles. The maximum absolute atomic E-state index is 14.1. The normalized spacial score (nSPS) is 14.6. The second kappa shape index (κ2) is 7.82. The lowest BCUT2D eigenvalue weighted by Crippen LogP contribution is -2.45. The molecule has 0 bridgehead atoms. The molecule has 0 spiro atoms. The Balaban J connectivity index is 1.85. The van der Waals surface area contributed by atoms with Crippen LogP contribution in [0.2, 0.25) is 0 Å². The van der Waals surface area contributed by atoms with Gasteiger partial charge in [0.05, 0.1) is 12.6 Å². The van der Waals surface area contributed by atoms with E-state index in [0.29, 0.717) is 11.3 Å². The van der Waals surface area contributed by atoms with E-state index in [2.05, 4.69) is 5.32 Å². The van der Waals surface area contributed by atoms with Crippen molar-refractivity contribution in [3.63, 3.8) is 0 Å². The number of rotatable bonds is 5. The van der Waals surface area contributed by atoms with Gasteiger partial charge in [-0.2, -0.15) is 0 Å². The first kappa shape index (κ1) is 20.0. The van der Waals surface area contributed by atoms with Crippen molar-refractivity contribution in [2.24, 2.45) is 0 Å². The number of hydrogen-bond acceptors (Lipinski definition) is 4. The van der Waals surface area contributed by atoms with Crippen molar-refractivity contribution in [2.45, 2.75) is 32.4 Å². The molecule has 0 saturated heterocycles. The number of nitrogens with one attached hydrogen (secondary N) is 1. The van der Waals surface area contributed by atoms with Crippen LogP contribution in [-0.2, 0) is 17.8 Å². The van der Waals surface area contributed by atoms with Gasteiger partial charge in [0.25, 0.3) is 0 Å². The van der Waals surface area contributed by atoms with Crippen molar-refractivity contribution < 1.29 is 18.7 Å². The zero-order chi connectivity index (χ0) is 21.3. The third-order valence-electron chi connectivity index (χ3n) is 5.49. The maximum Gasteiger partial charge on any atom is 0.162 e. The Morgan fingerprint density at radius 3 is 2.53 bits per heavy atom. The number of para-hydroxylation sites is 1. The van der Waals surface area contributed by atoms with Crippen LogP contribution in [0.25, 0.3) is 11.1 Å². The van der Waals surface area contributed by atoms with Gasteiger partial charge >= 0.3 is 0 Å². The minimum absolute atomic E-state index is 0.0966. The van der Waals surface area contributed by atoms with E-state index in [0.717, 1.165) is 28.1 Å². The first-order valence-electron chi connectivity index (χ1n) is 9.87. The highest BCUT2D eigenvalue weighted by atomic mass is 19.1. The van der Waals surface area contributed by atoms with Gasteiger partial charge in [-0.3, -0.25) is 4.79 Å². The number of hydrogen-bond donors (Lipinski definition) is 1. The van der Waals surface area contributed by atoms with Gasteiger partial charge in [0.1, 0.15) is 23.9 Å². The molecule has 1 N–H and O–H groups in total. The van der Waals surface area contributed by atoms with Crippen molar-refractivity contribution in [3.8, 4) is 22.6 Å². The molecule has 4 rings (SSSR count). The number of carbonyl (C=O) groups excluding carboxylic acids is 1. The first-order chi connectivity index (χ1) is 14.4. The molecule has 30 heavy (non-hydrogen) atoms. The lowest BCUT2D eigenvalue weighted by Gasteiger charge is -2.34. The summed E-state index contributed by atoms with van der Waals surface area (Å²) >= 11 is 0. The summed E-state index contributed by atoms with van der Waals surface area (Å²) in [6.45, 7) is 4.00. The summed E-state index contributed by atoms with van der Waals surface area (Å²) in [7, 11) is 1.56. The van der Waals surface area contributed by atoms with Gasteiger partial charge in [-0.25, -0.2) is 4.39 Å². The van der Waals surface area contributed by atoms with Crippen LogP contribution in [0.15, 0.2) is 60.7 Å². The summed E-state index contributed by atoms with van der Waals surface area (Å²) in [6, 6.07) is 17.8. The van der Waals surface area contributed by atoms with Crippen molar-refractivity contribution in [1.82, 2.24) is 0 Å². The van der Waals surface area contributed by atoms with Crippen LogP contribution >= 0.6 is 0 Å². The van der Waals surface area contributed by atoms with Gasteiger partial charge in [0.15, 0.2) is 5.78 Å². The molecule has 3 aromatic rings. The highest BCUT2D eigenvalue weighted by Crippen LogP contribution is 2.40. The Morgan fingerprint density at radius 2 is 1.80 bits per heavy atom. The van der Waals surface area contributed by atoms with Gasteiger partial charge in [-0.15, -0.1) is 0 Å². The average Bonchev–Trinajstić information content (AvgIpc) is 2.73. The monoisotopic (exact) mass is 405 g/mol. The third-order valence-corrected chi connectivity index (χ3v) is 5.49. The Hall–Kier alpha value is -3.34. The summed E-state index contributed by atoms with van der Waals surface area (Å²) in [5, 5.41) is 3.33. The quantitative estimate of drug-likeness (QED) is 0.618. The standard InChI is InChI=1S/C25H24FNO3/c1-25(2)24(28)14-19-21(15-30-17-7-5-4-6-8-17)18(10-11-22(19)27-25)20-13-16(26)9-12-23(20)29-3/h4-13,27H,14-15H2,1-3H3. The van der Waals surface area contributed by atoms with Crippen molar-refractivity contribution >= 4 is 11.5 Å². The van der Waals surface area contributed by atoms with Crippen molar-refractivity contribution in [3.05, 3.63) is 77.6 Å². The molecular weight excluding hydrogens is 381 g/mol. The predicted molar refractivity (Wildman–Crippen MR) is 116 cm³/mol. The summed E-state index contributed by atoms with van der Waals surface area (Å²) in [4.78, 5) is 12.7. The highest BCUT2D eigenvalue weighted by Gasteiger charge is 2.34. The predicted octanol–water partition coefficient (Wildman–Crippen LogP) is 5.40. The van der Waals surface area contributed by atoms with Crippen LogP contribution in [0.4, 0.5) is 10.1 Å². The fourth-order valence-corrected chi connectivity index (χ4v) is 3.78. The molecule has 0 saturated carbocycles. The molecule has 0 unspecified atom stereocenters. The molecule has 154 valence electrons. The molecule has 0 fully saturated rings. The van der Waals surface area contributed by atoms with Gasteiger partial charge in [-0.1, -0.05) is 24.3 Å². The van der Waals surface area contributed by atoms with Crippen LogP contribution in [0.1, 0.15) is 25.0 Å². The lowest BCUT2D eigenvalue weighted by atomic mass is 9.83. The third kappa shape index (κ3) is 3.75. The lowest BCUT2D eigenvalue weighted by molar-refractivity contribution is -0.122. The Morgan fingerprint density at radius 1 is 1.03 bits per heavy atom. The number of carbonyl (C=O) groups is 1. The summed E-state index contributed by atoms with van der Waals surface area (Å²) in [6.07, 6.45) is 0.286. The summed E-state index contributed by atoms with van der Waals surface area (Å²) in [5.74, 6) is 1.03. The van der Waals surface area contributed by atoms with E-state index in [9.17, 15) is 9.18 Å². The number of ether oxygens (including phenoxy) is 2. The molecule has 1 aliphatic rings. The second-order valence-electron chi connectivity index (χ2n) is 7.91. The van der Waals surface area contributed by atoms with E-state index >= 15 is 0 Å². The molecule has 0 aliphatic carbocycles. The average molecular weight is 405 g/mol. The van der Waals surface area contributed by atoms with Crippen LogP contribution in [0.3, 0.4) is 0 Å². The zero-order valence-electron chi connectivity index (χ0n) is 17.3. The largest absolute Gasteiger partial charge is 0.496 e. The zero-order valence-corrected chi connectivity index (χ0v) is 17.3. The summed E-state index contributed by atoms with van der Waals surface area (Å²) < 4.78 is 25.6. The van der Waals surface area contributed by atoms with E-state index in [1.54, 1.807) is 13.2 Å². The van der Waals surface area contributed by atoms with Crippen LogP contribution in [0.5, 0.6) is 11.5 Å². The van der Waals surface area contributed by atoms with E-state index in [-0.39, 0.29) is 24.6 Å². The van der Waals surface area contributed by atoms with Crippen molar-refractivity contribution in [1.29, 1.82) is 0 Å². The van der Waals surface area contributed by atoms with E-state index < -0.39 is 5.54 Å². The maximum atomic E-state index is 14.1. The van der Waals surface area contributed by atoms with Gasteiger partial charge in [-0.05, 0) is 61.4 Å². The molecule has 5 heteroatoms. The first-order valence-corrected chi connectivity index (χ1v) is 9.87. The molecule has 0 atom stereocenters. The fraction of sp³-hybridized carbons (Fsp3) is 0.240. The van der Waals surface area contributed by atoms with Crippen LogP contribution in [-0.4, -0.2) is 18.4 Å². The molecule has 3 aromatic carbocycles. The number of ketones is 1. The molecule has 0 radical (unpaired) electrons.